The van der Waals surface area contributed by atoms with Crippen molar-refractivity contribution in [2.24, 2.45) is 0 Å². The Hall–Kier alpha value is -1.83. The fourth-order valence-electron chi connectivity index (χ4n) is 1.21. The molecule has 78 valence electrons. The van der Waals surface area contributed by atoms with Crippen molar-refractivity contribution in [1.29, 1.82) is 0 Å². The third-order valence-electron chi connectivity index (χ3n) is 2.19. The first-order chi connectivity index (χ1) is 7.13. The van der Waals surface area contributed by atoms with Gasteiger partial charge in [0.15, 0.2) is 0 Å². The van der Waals surface area contributed by atoms with E-state index in [-0.39, 0.29) is 5.75 Å². The van der Waals surface area contributed by atoms with Crippen molar-refractivity contribution in [3.05, 3.63) is 48.6 Å². The molecule has 2 nitrogen and oxygen atoms in total. The topological polar surface area (TPSA) is 37.3 Å². The minimum atomic E-state index is 0.240. The van der Waals surface area contributed by atoms with Gasteiger partial charge in [-0.1, -0.05) is 25.3 Å². The smallest absolute Gasteiger partial charge is 0.145 e. The van der Waals surface area contributed by atoms with Gasteiger partial charge < -0.3 is 5.11 Å². The molecule has 0 saturated carbocycles. The van der Waals surface area contributed by atoms with Gasteiger partial charge in [-0.3, -0.25) is 4.79 Å². The fourth-order valence-corrected chi connectivity index (χ4v) is 1.21. The van der Waals surface area contributed by atoms with E-state index in [4.69, 9.17) is 5.11 Å². The second-order valence-corrected chi connectivity index (χ2v) is 3.43. The van der Waals surface area contributed by atoms with Crippen LogP contribution in [0.25, 0.3) is 5.57 Å². The number of carbonyl (C=O) groups excluding carboxylic acids is 1. The molecule has 0 aliphatic carbocycles. The summed E-state index contributed by atoms with van der Waals surface area (Å²) in [6.45, 7) is 7.53. The van der Waals surface area contributed by atoms with E-state index in [9.17, 15) is 4.79 Å². The van der Waals surface area contributed by atoms with Crippen LogP contribution in [0, 0.1) is 0 Å². The highest BCUT2D eigenvalue weighted by molar-refractivity contribution is 5.73. The van der Waals surface area contributed by atoms with Crippen molar-refractivity contribution in [2.75, 3.05) is 0 Å². The van der Waals surface area contributed by atoms with Crippen molar-refractivity contribution in [3.63, 3.8) is 0 Å². The van der Waals surface area contributed by atoms with Crippen LogP contribution in [0.1, 0.15) is 18.4 Å². The Bertz CT molecular complexity index is 374. The normalized spacial score (nSPS) is 9.60. The Kier molecular flexibility index (Phi) is 3.86. The summed E-state index contributed by atoms with van der Waals surface area (Å²) in [6, 6.07) is 6.85. The number of phenols is 1. The van der Waals surface area contributed by atoms with Crippen molar-refractivity contribution < 1.29 is 9.90 Å². The second kappa shape index (κ2) is 5.15. The summed E-state index contributed by atoms with van der Waals surface area (Å²) in [5.41, 5.74) is 2.50. The van der Waals surface area contributed by atoms with Gasteiger partial charge >= 0.3 is 0 Å². The van der Waals surface area contributed by atoms with Crippen LogP contribution in [0.4, 0.5) is 0 Å². The highest BCUT2D eigenvalue weighted by Crippen LogP contribution is 2.21. The summed E-state index contributed by atoms with van der Waals surface area (Å²) in [6.07, 6.45) is 2.11. The van der Waals surface area contributed by atoms with Gasteiger partial charge in [0.25, 0.3) is 0 Å². The van der Waals surface area contributed by atoms with E-state index < -0.39 is 0 Å². The lowest BCUT2D eigenvalue weighted by molar-refractivity contribution is -0.105. The maximum atomic E-state index is 10.3. The molecule has 0 atom stereocenters. The van der Waals surface area contributed by atoms with Gasteiger partial charge in [0.1, 0.15) is 12.0 Å². The highest BCUT2D eigenvalue weighted by atomic mass is 16.3. The monoisotopic (exact) mass is 202 g/mol. The largest absolute Gasteiger partial charge is 0.508 e. The van der Waals surface area contributed by atoms with E-state index in [0.717, 1.165) is 17.4 Å². The molecule has 2 heteroatoms. The lowest BCUT2D eigenvalue weighted by Crippen LogP contribution is -1.86. The first-order valence-corrected chi connectivity index (χ1v) is 4.73. The molecule has 0 spiro atoms. The average Bonchev–Trinajstić information content (AvgIpc) is 2.26. The van der Waals surface area contributed by atoms with Gasteiger partial charge in [-0.15, -0.1) is 0 Å². The van der Waals surface area contributed by atoms with Crippen LogP contribution in [0.2, 0.25) is 0 Å². The zero-order chi connectivity index (χ0) is 11.3. The molecule has 0 aromatic heterocycles. The summed E-state index contributed by atoms with van der Waals surface area (Å²) < 4.78 is 0. The Morgan fingerprint density at radius 2 is 1.80 bits per heavy atom. The molecular weight excluding hydrogens is 188 g/mol. The number of rotatable bonds is 5. The summed E-state index contributed by atoms with van der Waals surface area (Å²) in [5.74, 6) is 0.240. The standard InChI is InChI=1S/C13H14O2/c1-10(9-14)3-4-11(2)12-5-7-13(15)8-6-12/h5-9,15H,1-4H2. The molecule has 0 aliphatic rings. The van der Waals surface area contributed by atoms with E-state index in [1.165, 1.54) is 0 Å². The van der Waals surface area contributed by atoms with Crippen molar-refractivity contribution >= 4 is 11.9 Å². The van der Waals surface area contributed by atoms with Crippen molar-refractivity contribution in [2.45, 2.75) is 12.8 Å². The number of benzene rings is 1. The molecule has 0 aliphatic heterocycles. The molecule has 1 aromatic carbocycles. The Balaban J connectivity index is 2.57. The van der Waals surface area contributed by atoms with Crippen LogP contribution < -0.4 is 0 Å². The van der Waals surface area contributed by atoms with E-state index in [1.807, 2.05) is 0 Å². The van der Waals surface area contributed by atoms with Crippen LogP contribution >= 0.6 is 0 Å². The maximum Gasteiger partial charge on any atom is 0.145 e. The molecule has 1 N–H and O–H groups in total. The molecule has 0 unspecified atom stereocenters. The van der Waals surface area contributed by atoms with Gasteiger partial charge in [0, 0.05) is 0 Å². The zero-order valence-electron chi connectivity index (χ0n) is 8.57. The van der Waals surface area contributed by atoms with Crippen LogP contribution in [0.5, 0.6) is 5.75 Å². The first-order valence-electron chi connectivity index (χ1n) is 4.73. The number of carbonyl (C=O) groups is 1. The molecule has 1 aromatic rings. The number of hydrogen-bond donors (Lipinski definition) is 1. The molecule has 0 radical (unpaired) electrons. The summed E-state index contributed by atoms with van der Waals surface area (Å²) in [7, 11) is 0. The number of allylic oxidation sites excluding steroid dienone is 2. The number of aldehydes is 1. The Labute approximate surface area is 89.6 Å². The predicted molar refractivity (Wildman–Crippen MR) is 61.6 cm³/mol. The van der Waals surface area contributed by atoms with Crippen molar-refractivity contribution in [3.8, 4) is 5.75 Å². The second-order valence-electron chi connectivity index (χ2n) is 3.43. The summed E-state index contributed by atoms with van der Waals surface area (Å²) >= 11 is 0. The summed E-state index contributed by atoms with van der Waals surface area (Å²) in [4.78, 5) is 10.3. The van der Waals surface area contributed by atoms with Crippen LogP contribution in [0.3, 0.4) is 0 Å². The molecule has 0 bridgehead atoms. The van der Waals surface area contributed by atoms with Crippen LogP contribution in [0.15, 0.2) is 43.0 Å². The third-order valence-corrected chi connectivity index (χ3v) is 2.19. The Morgan fingerprint density at radius 1 is 1.20 bits per heavy atom. The molecule has 1 rings (SSSR count). The van der Waals surface area contributed by atoms with Gasteiger partial charge in [-0.2, -0.15) is 0 Å². The minimum absolute atomic E-state index is 0.240. The van der Waals surface area contributed by atoms with E-state index in [1.54, 1.807) is 24.3 Å². The number of hydrogen-bond acceptors (Lipinski definition) is 2. The fraction of sp³-hybridized carbons (Fsp3) is 0.154. The third kappa shape index (κ3) is 3.43. The number of aromatic hydroxyl groups is 1. The van der Waals surface area contributed by atoms with Gasteiger partial charge in [-0.25, -0.2) is 0 Å². The average molecular weight is 202 g/mol. The van der Waals surface area contributed by atoms with E-state index >= 15 is 0 Å². The lowest BCUT2D eigenvalue weighted by atomic mass is 10.0. The van der Waals surface area contributed by atoms with Gasteiger partial charge in [-0.05, 0) is 41.7 Å². The molecule has 15 heavy (non-hydrogen) atoms. The SMILES string of the molecule is C=C(C=O)CCC(=C)c1ccc(O)cc1. The lowest BCUT2D eigenvalue weighted by Gasteiger charge is -2.05. The van der Waals surface area contributed by atoms with Crippen LogP contribution in [-0.2, 0) is 4.79 Å². The molecular formula is C13H14O2. The molecule has 0 fully saturated rings. The summed E-state index contributed by atoms with van der Waals surface area (Å²) in [5, 5.41) is 9.10. The minimum Gasteiger partial charge on any atom is -0.508 e. The van der Waals surface area contributed by atoms with E-state index in [2.05, 4.69) is 13.2 Å². The molecule has 0 heterocycles. The molecule has 0 saturated heterocycles. The maximum absolute atomic E-state index is 10.3. The Morgan fingerprint density at radius 3 is 2.33 bits per heavy atom. The van der Waals surface area contributed by atoms with Gasteiger partial charge in [0.05, 0.1) is 0 Å². The quantitative estimate of drug-likeness (QED) is 0.588. The van der Waals surface area contributed by atoms with E-state index in [0.29, 0.717) is 18.4 Å². The van der Waals surface area contributed by atoms with Gasteiger partial charge in [0.2, 0.25) is 0 Å². The van der Waals surface area contributed by atoms with Crippen molar-refractivity contribution in [1.82, 2.24) is 0 Å². The van der Waals surface area contributed by atoms with Crippen LogP contribution in [-0.4, -0.2) is 11.4 Å². The zero-order valence-corrected chi connectivity index (χ0v) is 8.57. The highest BCUT2D eigenvalue weighted by Gasteiger charge is 2.00. The molecule has 0 amide bonds. The number of phenolic OH excluding ortho intramolecular Hbond substituents is 1. The predicted octanol–water partition coefficient (Wildman–Crippen LogP) is 2.94. The first kappa shape index (κ1) is 11.2.